The number of carbonyl (C=O) groups is 1. The number of thioether (sulfide) groups is 1. The molecule has 18 heavy (non-hydrogen) atoms. The Morgan fingerprint density at radius 1 is 1.33 bits per heavy atom. The SMILES string of the molecule is Cc1occc1C(CSc1ccccc1)C(=O)O. The average molecular weight is 262 g/mol. The van der Waals surface area contributed by atoms with E-state index in [4.69, 9.17) is 4.42 Å². The Balaban J connectivity index is 2.09. The van der Waals surface area contributed by atoms with E-state index in [9.17, 15) is 9.90 Å². The average Bonchev–Trinajstić information content (AvgIpc) is 2.77. The largest absolute Gasteiger partial charge is 0.481 e. The van der Waals surface area contributed by atoms with Crippen molar-refractivity contribution in [2.75, 3.05) is 5.75 Å². The van der Waals surface area contributed by atoms with Crippen molar-refractivity contribution in [1.29, 1.82) is 0 Å². The minimum Gasteiger partial charge on any atom is -0.481 e. The van der Waals surface area contributed by atoms with E-state index >= 15 is 0 Å². The molecule has 1 N–H and O–H groups in total. The number of aliphatic carboxylic acids is 1. The maximum absolute atomic E-state index is 11.3. The molecule has 2 rings (SSSR count). The van der Waals surface area contributed by atoms with Gasteiger partial charge in [-0.1, -0.05) is 18.2 Å². The van der Waals surface area contributed by atoms with Gasteiger partial charge in [-0.25, -0.2) is 0 Å². The Bertz CT molecular complexity index is 519. The standard InChI is InChI=1S/C14H14O3S/c1-10-12(7-8-17-10)13(14(15)16)9-18-11-5-3-2-4-6-11/h2-8,13H,9H2,1H3,(H,15,16). The normalized spacial score (nSPS) is 12.3. The maximum Gasteiger partial charge on any atom is 0.311 e. The number of carboxylic acid groups (broad SMARTS) is 1. The first kappa shape index (κ1) is 12.8. The molecule has 0 bridgehead atoms. The first-order chi connectivity index (χ1) is 8.68. The Labute approximate surface area is 110 Å². The summed E-state index contributed by atoms with van der Waals surface area (Å²) in [5.74, 6) is -0.173. The maximum atomic E-state index is 11.3. The molecule has 3 nitrogen and oxygen atoms in total. The summed E-state index contributed by atoms with van der Waals surface area (Å²) in [5.41, 5.74) is 0.755. The molecule has 1 aromatic heterocycles. The Morgan fingerprint density at radius 2 is 2.06 bits per heavy atom. The van der Waals surface area contributed by atoms with Crippen molar-refractivity contribution in [2.24, 2.45) is 0 Å². The molecule has 0 amide bonds. The summed E-state index contributed by atoms with van der Waals surface area (Å²) in [6, 6.07) is 11.5. The summed E-state index contributed by atoms with van der Waals surface area (Å²) in [4.78, 5) is 12.4. The Hall–Kier alpha value is -1.68. The lowest BCUT2D eigenvalue weighted by molar-refractivity contribution is -0.138. The van der Waals surface area contributed by atoms with Crippen LogP contribution in [0.3, 0.4) is 0 Å². The molecule has 0 aliphatic heterocycles. The molecule has 0 aliphatic carbocycles. The zero-order valence-electron chi connectivity index (χ0n) is 10.00. The second-order valence-corrected chi connectivity index (χ2v) is 5.04. The molecule has 0 saturated carbocycles. The van der Waals surface area contributed by atoms with Crippen molar-refractivity contribution in [1.82, 2.24) is 0 Å². The third-order valence-corrected chi connectivity index (χ3v) is 3.84. The summed E-state index contributed by atoms with van der Waals surface area (Å²) in [6.07, 6.45) is 1.54. The topological polar surface area (TPSA) is 50.4 Å². The number of aryl methyl sites for hydroxylation is 1. The van der Waals surface area contributed by atoms with E-state index in [0.29, 0.717) is 11.5 Å². The van der Waals surface area contributed by atoms with Crippen molar-refractivity contribution in [3.05, 3.63) is 54.0 Å². The molecular weight excluding hydrogens is 248 g/mol. The van der Waals surface area contributed by atoms with Gasteiger partial charge in [0, 0.05) is 16.2 Å². The molecule has 1 unspecified atom stereocenters. The van der Waals surface area contributed by atoms with Crippen LogP contribution in [0.15, 0.2) is 52.0 Å². The number of hydrogen-bond donors (Lipinski definition) is 1. The van der Waals surface area contributed by atoms with E-state index in [1.807, 2.05) is 30.3 Å². The molecule has 0 fully saturated rings. The van der Waals surface area contributed by atoms with Gasteiger partial charge in [0.05, 0.1) is 12.2 Å². The van der Waals surface area contributed by atoms with Crippen LogP contribution in [0.4, 0.5) is 0 Å². The monoisotopic (exact) mass is 262 g/mol. The number of rotatable bonds is 5. The molecule has 94 valence electrons. The van der Waals surface area contributed by atoms with Crippen LogP contribution in [-0.4, -0.2) is 16.8 Å². The van der Waals surface area contributed by atoms with E-state index in [1.54, 1.807) is 24.8 Å². The molecule has 1 atom stereocenters. The lowest BCUT2D eigenvalue weighted by Crippen LogP contribution is -2.14. The predicted molar refractivity (Wildman–Crippen MR) is 71.0 cm³/mol. The van der Waals surface area contributed by atoms with Crippen molar-refractivity contribution in [3.63, 3.8) is 0 Å². The van der Waals surface area contributed by atoms with E-state index in [2.05, 4.69) is 0 Å². The lowest BCUT2D eigenvalue weighted by atomic mass is 10.0. The van der Waals surface area contributed by atoms with Gasteiger partial charge in [0.1, 0.15) is 5.76 Å². The van der Waals surface area contributed by atoms with Crippen LogP contribution in [0.1, 0.15) is 17.2 Å². The van der Waals surface area contributed by atoms with Gasteiger partial charge in [0.15, 0.2) is 0 Å². The first-order valence-electron chi connectivity index (χ1n) is 5.63. The van der Waals surface area contributed by atoms with Gasteiger partial charge in [-0.15, -0.1) is 11.8 Å². The summed E-state index contributed by atoms with van der Waals surface area (Å²) >= 11 is 1.54. The van der Waals surface area contributed by atoms with Crippen molar-refractivity contribution >= 4 is 17.7 Å². The molecular formula is C14H14O3S. The van der Waals surface area contributed by atoms with Crippen molar-refractivity contribution in [2.45, 2.75) is 17.7 Å². The van der Waals surface area contributed by atoms with Gasteiger partial charge < -0.3 is 9.52 Å². The molecule has 1 heterocycles. The highest BCUT2D eigenvalue weighted by molar-refractivity contribution is 7.99. The third-order valence-electron chi connectivity index (χ3n) is 2.73. The van der Waals surface area contributed by atoms with Crippen LogP contribution in [0.2, 0.25) is 0 Å². The number of benzene rings is 1. The highest BCUT2D eigenvalue weighted by Gasteiger charge is 2.23. The number of furan rings is 1. The minimum atomic E-state index is -0.817. The van der Waals surface area contributed by atoms with Gasteiger partial charge >= 0.3 is 5.97 Å². The summed E-state index contributed by atoms with van der Waals surface area (Å²) in [7, 11) is 0. The van der Waals surface area contributed by atoms with Crippen LogP contribution in [-0.2, 0) is 4.79 Å². The van der Waals surface area contributed by atoms with Crippen LogP contribution >= 0.6 is 11.8 Å². The quantitative estimate of drug-likeness (QED) is 0.837. The fourth-order valence-electron chi connectivity index (χ4n) is 1.75. The molecule has 4 heteroatoms. The van der Waals surface area contributed by atoms with Gasteiger partial charge in [-0.05, 0) is 25.1 Å². The van der Waals surface area contributed by atoms with Crippen molar-refractivity contribution in [3.8, 4) is 0 Å². The van der Waals surface area contributed by atoms with E-state index in [0.717, 1.165) is 10.5 Å². The molecule has 1 aromatic carbocycles. The fraction of sp³-hybridized carbons (Fsp3) is 0.214. The zero-order chi connectivity index (χ0) is 13.0. The molecule has 0 radical (unpaired) electrons. The highest BCUT2D eigenvalue weighted by atomic mass is 32.2. The van der Waals surface area contributed by atoms with Crippen molar-refractivity contribution < 1.29 is 14.3 Å². The third kappa shape index (κ3) is 2.96. The summed E-state index contributed by atoms with van der Waals surface area (Å²) < 4.78 is 5.18. The molecule has 0 spiro atoms. The lowest BCUT2D eigenvalue weighted by Gasteiger charge is -2.11. The molecule has 2 aromatic rings. The van der Waals surface area contributed by atoms with Crippen LogP contribution in [0.25, 0.3) is 0 Å². The van der Waals surface area contributed by atoms with Gasteiger partial charge in [0.2, 0.25) is 0 Å². The van der Waals surface area contributed by atoms with E-state index < -0.39 is 11.9 Å². The van der Waals surface area contributed by atoms with E-state index in [1.165, 1.54) is 6.26 Å². The number of carboxylic acids is 1. The zero-order valence-corrected chi connectivity index (χ0v) is 10.8. The predicted octanol–water partition coefficient (Wildman–Crippen LogP) is 3.55. The highest BCUT2D eigenvalue weighted by Crippen LogP contribution is 2.28. The number of hydrogen-bond acceptors (Lipinski definition) is 3. The van der Waals surface area contributed by atoms with Gasteiger partial charge in [-0.2, -0.15) is 0 Å². The summed E-state index contributed by atoms with van der Waals surface area (Å²) in [5, 5.41) is 9.29. The first-order valence-corrected chi connectivity index (χ1v) is 6.61. The van der Waals surface area contributed by atoms with Crippen LogP contribution in [0, 0.1) is 6.92 Å². The van der Waals surface area contributed by atoms with Crippen LogP contribution in [0.5, 0.6) is 0 Å². The smallest absolute Gasteiger partial charge is 0.311 e. The minimum absolute atomic E-state index is 0.500. The van der Waals surface area contributed by atoms with Gasteiger partial charge in [-0.3, -0.25) is 4.79 Å². The summed E-state index contributed by atoms with van der Waals surface area (Å²) in [6.45, 7) is 1.79. The van der Waals surface area contributed by atoms with Crippen LogP contribution < -0.4 is 0 Å². The molecule has 0 saturated heterocycles. The Morgan fingerprint density at radius 3 is 2.61 bits per heavy atom. The fourth-order valence-corrected chi connectivity index (χ4v) is 2.78. The molecule has 0 aliphatic rings. The Kier molecular flexibility index (Phi) is 4.10. The van der Waals surface area contributed by atoms with E-state index in [-0.39, 0.29) is 0 Å². The second-order valence-electron chi connectivity index (χ2n) is 3.95. The van der Waals surface area contributed by atoms with Gasteiger partial charge in [0.25, 0.3) is 0 Å². The second kappa shape index (κ2) is 5.78.